The van der Waals surface area contributed by atoms with Gasteiger partial charge in [0.15, 0.2) is 0 Å². The van der Waals surface area contributed by atoms with Crippen LogP contribution < -0.4 is 0 Å². The first-order valence-corrected chi connectivity index (χ1v) is 4.26. The molecule has 1 aromatic carbocycles. The lowest BCUT2D eigenvalue weighted by atomic mass is 10.1. The Bertz CT molecular complexity index is 314. The summed E-state index contributed by atoms with van der Waals surface area (Å²) in [6.07, 6.45) is 0.779. The lowest BCUT2D eigenvalue weighted by Crippen LogP contribution is -1.97. The predicted molar refractivity (Wildman–Crippen MR) is 53.9 cm³/mol. The molecular formula is C11H12O3. The number of benzene rings is 1. The van der Waals surface area contributed by atoms with Crippen LogP contribution in [0.3, 0.4) is 0 Å². The summed E-state index contributed by atoms with van der Waals surface area (Å²) in [6, 6.07) is 6.89. The molecule has 14 heavy (non-hydrogen) atoms. The summed E-state index contributed by atoms with van der Waals surface area (Å²) in [6.45, 7) is 3.89. The van der Waals surface area contributed by atoms with Crippen LogP contribution in [0.1, 0.15) is 15.9 Å². The summed E-state index contributed by atoms with van der Waals surface area (Å²) >= 11 is 0. The van der Waals surface area contributed by atoms with Gasteiger partial charge in [0.05, 0.1) is 6.61 Å². The molecule has 1 rings (SSSR count). The Kier molecular flexibility index (Phi) is 3.88. The van der Waals surface area contributed by atoms with Crippen molar-refractivity contribution in [3.63, 3.8) is 0 Å². The average Bonchev–Trinajstić information content (AvgIpc) is 2.26. The molecule has 0 aromatic heterocycles. The highest BCUT2D eigenvalue weighted by atomic mass is 16.5. The molecule has 0 bridgehead atoms. The number of aliphatic hydroxyl groups excluding tert-OH is 1. The van der Waals surface area contributed by atoms with Gasteiger partial charge in [-0.15, -0.1) is 0 Å². The standard InChI is InChI=1S/C11H12O3/c1-9(14-7-6-12)11-4-2-10(8-13)3-5-11/h2-5,8,12H,1,6-7H2. The Hall–Kier alpha value is -1.61. The second-order valence-electron chi connectivity index (χ2n) is 2.74. The van der Waals surface area contributed by atoms with Crippen molar-refractivity contribution < 1.29 is 14.6 Å². The maximum Gasteiger partial charge on any atom is 0.150 e. The Morgan fingerprint density at radius 1 is 1.43 bits per heavy atom. The zero-order valence-corrected chi connectivity index (χ0v) is 7.77. The monoisotopic (exact) mass is 192 g/mol. The number of aldehydes is 1. The molecule has 3 nitrogen and oxygen atoms in total. The molecule has 0 unspecified atom stereocenters. The molecule has 0 saturated carbocycles. The summed E-state index contributed by atoms with van der Waals surface area (Å²) in [7, 11) is 0. The molecule has 0 amide bonds. The van der Waals surface area contributed by atoms with Crippen molar-refractivity contribution in [3.8, 4) is 0 Å². The number of aliphatic hydroxyl groups is 1. The maximum absolute atomic E-state index is 10.4. The first-order chi connectivity index (χ1) is 6.77. The van der Waals surface area contributed by atoms with Crippen LogP contribution in [0.2, 0.25) is 0 Å². The summed E-state index contributed by atoms with van der Waals surface area (Å²) in [4.78, 5) is 10.4. The average molecular weight is 192 g/mol. The van der Waals surface area contributed by atoms with Gasteiger partial charge in [-0.05, 0) is 0 Å². The zero-order chi connectivity index (χ0) is 10.4. The number of carbonyl (C=O) groups is 1. The van der Waals surface area contributed by atoms with E-state index in [-0.39, 0.29) is 13.2 Å². The van der Waals surface area contributed by atoms with E-state index in [2.05, 4.69) is 6.58 Å². The second-order valence-corrected chi connectivity index (χ2v) is 2.74. The van der Waals surface area contributed by atoms with E-state index in [4.69, 9.17) is 9.84 Å². The number of rotatable bonds is 5. The lowest BCUT2D eigenvalue weighted by molar-refractivity contribution is 0.112. The summed E-state index contributed by atoms with van der Waals surface area (Å²) in [5, 5.41) is 8.53. The molecule has 74 valence electrons. The van der Waals surface area contributed by atoms with Gasteiger partial charge in [-0.3, -0.25) is 4.79 Å². The molecule has 0 spiro atoms. The minimum atomic E-state index is -0.0363. The fourth-order valence-electron chi connectivity index (χ4n) is 1.000. The first-order valence-electron chi connectivity index (χ1n) is 4.26. The van der Waals surface area contributed by atoms with Crippen LogP contribution in [-0.2, 0) is 4.74 Å². The molecule has 0 radical (unpaired) electrons. The van der Waals surface area contributed by atoms with Crippen molar-refractivity contribution in [1.29, 1.82) is 0 Å². The van der Waals surface area contributed by atoms with E-state index >= 15 is 0 Å². The van der Waals surface area contributed by atoms with E-state index in [1.54, 1.807) is 24.3 Å². The van der Waals surface area contributed by atoms with Gasteiger partial charge in [0.2, 0.25) is 0 Å². The third kappa shape index (κ3) is 2.71. The van der Waals surface area contributed by atoms with Gasteiger partial charge >= 0.3 is 0 Å². The van der Waals surface area contributed by atoms with Crippen molar-refractivity contribution in [1.82, 2.24) is 0 Å². The maximum atomic E-state index is 10.4. The topological polar surface area (TPSA) is 46.5 Å². The summed E-state index contributed by atoms with van der Waals surface area (Å²) in [5.41, 5.74) is 1.42. The zero-order valence-electron chi connectivity index (χ0n) is 7.77. The van der Waals surface area contributed by atoms with E-state index in [1.165, 1.54) is 0 Å². The van der Waals surface area contributed by atoms with Crippen LogP contribution in [-0.4, -0.2) is 24.6 Å². The number of ether oxygens (including phenoxy) is 1. The van der Waals surface area contributed by atoms with E-state index in [0.29, 0.717) is 11.3 Å². The van der Waals surface area contributed by atoms with Gasteiger partial charge in [-0.2, -0.15) is 0 Å². The van der Waals surface area contributed by atoms with Gasteiger partial charge < -0.3 is 9.84 Å². The molecule has 0 aliphatic rings. The van der Waals surface area contributed by atoms with Crippen LogP contribution in [0.5, 0.6) is 0 Å². The largest absolute Gasteiger partial charge is 0.491 e. The Morgan fingerprint density at radius 3 is 2.57 bits per heavy atom. The third-order valence-electron chi connectivity index (χ3n) is 1.74. The summed E-state index contributed by atoms with van der Waals surface area (Å²) < 4.78 is 5.12. The highest BCUT2D eigenvalue weighted by molar-refractivity contribution is 5.75. The van der Waals surface area contributed by atoms with Gasteiger partial charge in [-0.1, -0.05) is 30.8 Å². The van der Waals surface area contributed by atoms with Crippen molar-refractivity contribution in [3.05, 3.63) is 42.0 Å². The Labute approximate surface area is 82.6 Å². The van der Waals surface area contributed by atoms with Crippen LogP contribution in [0, 0.1) is 0 Å². The molecule has 1 N–H and O–H groups in total. The molecule has 1 aromatic rings. The van der Waals surface area contributed by atoms with E-state index in [0.717, 1.165) is 11.8 Å². The lowest BCUT2D eigenvalue weighted by Gasteiger charge is -2.07. The van der Waals surface area contributed by atoms with Crippen LogP contribution >= 0.6 is 0 Å². The van der Waals surface area contributed by atoms with E-state index in [1.807, 2.05) is 0 Å². The Balaban J connectivity index is 2.66. The summed E-state index contributed by atoms with van der Waals surface area (Å²) in [5.74, 6) is 0.497. The molecule has 0 aliphatic heterocycles. The van der Waals surface area contributed by atoms with E-state index in [9.17, 15) is 4.79 Å². The number of hydrogen-bond acceptors (Lipinski definition) is 3. The quantitative estimate of drug-likeness (QED) is 0.567. The van der Waals surface area contributed by atoms with Gasteiger partial charge in [0.25, 0.3) is 0 Å². The van der Waals surface area contributed by atoms with Crippen LogP contribution in [0.4, 0.5) is 0 Å². The fourth-order valence-corrected chi connectivity index (χ4v) is 1.000. The normalized spacial score (nSPS) is 9.50. The highest BCUT2D eigenvalue weighted by Gasteiger charge is 1.99. The molecule has 0 saturated heterocycles. The highest BCUT2D eigenvalue weighted by Crippen LogP contribution is 2.13. The molecule has 0 fully saturated rings. The van der Waals surface area contributed by atoms with Crippen molar-refractivity contribution in [2.24, 2.45) is 0 Å². The number of hydrogen-bond donors (Lipinski definition) is 1. The van der Waals surface area contributed by atoms with Gasteiger partial charge in [-0.25, -0.2) is 0 Å². The molecular weight excluding hydrogens is 180 g/mol. The fraction of sp³-hybridized carbons (Fsp3) is 0.182. The Morgan fingerprint density at radius 2 is 2.07 bits per heavy atom. The van der Waals surface area contributed by atoms with Crippen molar-refractivity contribution in [2.75, 3.05) is 13.2 Å². The minimum Gasteiger partial charge on any atom is -0.491 e. The third-order valence-corrected chi connectivity index (χ3v) is 1.74. The number of carbonyl (C=O) groups excluding carboxylic acids is 1. The molecule has 0 aliphatic carbocycles. The van der Waals surface area contributed by atoms with Crippen LogP contribution in [0.25, 0.3) is 5.76 Å². The first kappa shape index (κ1) is 10.5. The smallest absolute Gasteiger partial charge is 0.150 e. The van der Waals surface area contributed by atoms with Crippen molar-refractivity contribution in [2.45, 2.75) is 0 Å². The molecule has 3 heteroatoms. The molecule has 0 atom stereocenters. The SMILES string of the molecule is C=C(OCCO)c1ccc(C=O)cc1. The minimum absolute atomic E-state index is 0.0363. The predicted octanol–water partition coefficient (Wildman–Crippen LogP) is 1.48. The van der Waals surface area contributed by atoms with Gasteiger partial charge in [0, 0.05) is 11.1 Å². The van der Waals surface area contributed by atoms with Gasteiger partial charge in [0.1, 0.15) is 18.7 Å². The van der Waals surface area contributed by atoms with E-state index < -0.39 is 0 Å². The van der Waals surface area contributed by atoms with Crippen molar-refractivity contribution >= 4 is 12.0 Å². The van der Waals surface area contributed by atoms with Crippen LogP contribution in [0.15, 0.2) is 30.8 Å². The molecule has 0 heterocycles. The second kappa shape index (κ2) is 5.19.